The Morgan fingerprint density at radius 1 is 1.33 bits per heavy atom. The molecule has 8 heteroatoms. The highest BCUT2D eigenvalue weighted by Crippen LogP contribution is 2.11. The van der Waals surface area contributed by atoms with Crippen molar-refractivity contribution < 1.29 is 15.0 Å². The highest BCUT2D eigenvalue weighted by atomic mass is 16.9. The van der Waals surface area contributed by atoms with E-state index in [1.165, 1.54) is 24.3 Å². The molecule has 1 aromatic rings. The lowest BCUT2D eigenvalue weighted by molar-refractivity contribution is -0.402. The fraction of sp³-hybridized carbons (Fsp3) is 0. The Bertz CT molecular complexity index is 390. The molecule has 0 saturated heterocycles. The lowest BCUT2D eigenvalue weighted by Crippen LogP contribution is -1.93. The summed E-state index contributed by atoms with van der Waals surface area (Å²) < 4.78 is 0. The average molecular weight is 211 g/mol. The van der Waals surface area contributed by atoms with Gasteiger partial charge in [-0.25, -0.2) is 4.79 Å². The van der Waals surface area contributed by atoms with Crippen LogP contribution in [0.25, 0.3) is 4.98 Å². The number of carboxylic acid groups (broad SMARTS) is 1. The number of nitrogens with zero attached hydrogens (tertiary/aromatic N) is 3. The highest BCUT2D eigenvalue weighted by Gasteiger charge is 2.06. The summed E-state index contributed by atoms with van der Waals surface area (Å²) in [7, 11) is 0. The Balaban J connectivity index is 0.000000423. The lowest BCUT2D eigenvalue weighted by Gasteiger charge is -1.87. The molecule has 8 nitrogen and oxygen atoms in total. The smallest absolute Gasteiger partial charge is 0.385 e. The van der Waals surface area contributed by atoms with Gasteiger partial charge in [0.15, 0.2) is 4.98 Å². The third kappa shape index (κ3) is 5.53. The first-order chi connectivity index (χ1) is 6.97. The first kappa shape index (κ1) is 12.3. The lowest BCUT2D eigenvalue weighted by atomic mass is 10.2. The molecule has 0 bridgehead atoms. The molecule has 0 amide bonds. The highest BCUT2D eigenvalue weighted by molar-refractivity contribution is 5.87. The zero-order chi connectivity index (χ0) is 11.8. The monoisotopic (exact) mass is 211 g/mol. The van der Waals surface area contributed by atoms with Crippen LogP contribution in [0, 0.1) is 20.7 Å². The van der Waals surface area contributed by atoms with Crippen LogP contribution in [0.3, 0.4) is 0 Å². The van der Waals surface area contributed by atoms with Crippen molar-refractivity contribution in [2.45, 2.75) is 0 Å². The molecule has 0 aliphatic rings. The van der Waals surface area contributed by atoms with Gasteiger partial charge in [-0.15, -0.1) is 0 Å². The summed E-state index contributed by atoms with van der Waals surface area (Å²) >= 11 is 0. The first-order valence-corrected chi connectivity index (χ1v) is 3.47. The van der Waals surface area contributed by atoms with Gasteiger partial charge in [0.25, 0.3) is 0 Å². The van der Waals surface area contributed by atoms with Gasteiger partial charge in [-0.3, -0.25) is 0 Å². The second kappa shape index (κ2) is 5.87. The maximum atomic E-state index is 10.3. The summed E-state index contributed by atoms with van der Waals surface area (Å²) in [4.78, 5) is 21.4. The Labute approximate surface area is 83.1 Å². The SMILES string of the molecule is N#[N+]c1ccc(C(=O)O)cc1.O=[N+]([O-])[O-]. The molecule has 0 atom stereocenters. The number of carboxylic acids is 1. The van der Waals surface area contributed by atoms with E-state index in [4.69, 9.17) is 25.8 Å². The van der Waals surface area contributed by atoms with Crippen LogP contribution >= 0.6 is 0 Å². The summed E-state index contributed by atoms with van der Waals surface area (Å²) in [5, 5.41) is 31.4. The van der Waals surface area contributed by atoms with Gasteiger partial charge in [0.2, 0.25) is 5.39 Å². The number of aromatic carboxylic acids is 1. The fourth-order valence-electron chi connectivity index (χ4n) is 0.671. The molecule has 0 fully saturated rings. The molecule has 0 spiro atoms. The van der Waals surface area contributed by atoms with Crippen LogP contribution in [0.1, 0.15) is 10.4 Å². The molecule has 0 heterocycles. The van der Waals surface area contributed by atoms with Gasteiger partial charge in [-0.05, 0) is 12.1 Å². The number of diazo groups is 1. The number of rotatable bonds is 1. The molecule has 78 valence electrons. The van der Waals surface area contributed by atoms with E-state index in [0.717, 1.165) is 0 Å². The molecular formula is C7H5N3O5. The predicted molar refractivity (Wildman–Crippen MR) is 48.5 cm³/mol. The molecule has 1 rings (SSSR count). The maximum absolute atomic E-state index is 10.3. The summed E-state index contributed by atoms with van der Waals surface area (Å²) in [5.74, 6) is -0.991. The van der Waals surface area contributed by atoms with Gasteiger partial charge >= 0.3 is 11.7 Å². The van der Waals surface area contributed by atoms with Crippen molar-refractivity contribution in [3.8, 4) is 0 Å². The second-order valence-electron chi connectivity index (χ2n) is 2.18. The van der Waals surface area contributed by atoms with E-state index in [0.29, 0.717) is 5.69 Å². The van der Waals surface area contributed by atoms with E-state index < -0.39 is 11.1 Å². The zero-order valence-corrected chi connectivity index (χ0v) is 7.23. The maximum Gasteiger partial charge on any atom is 0.385 e. The molecular weight excluding hydrogens is 206 g/mol. The number of carbonyl (C=O) groups is 1. The normalized spacial score (nSPS) is 7.93. The zero-order valence-electron chi connectivity index (χ0n) is 7.23. The topological polar surface area (TPSA) is 132 Å². The molecule has 1 aromatic carbocycles. The molecule has 0 unspecified atom stereocenters. The summed E-state index contributed by atoms with van der Waals surface area (Å²) in [6, 6.07) is 5.58. The standard InChI is InChI=1S/C7H4N2O2.NO3/c8-9-6-3-1-5(2-4-6)7(10)11;2-1(3)4/h1-4H;/q;-1/p+1. The minimum Gasteiger partial charge on any atom is -0.478 e. The Morgan fingerprint density at radius 3 is 2.00 bits per heavy atom. The third-order valence-corrected chi connectivity index (χ3v) is 1.23. The van der Waals surface area contributed by atoms with Crippen molar-refractivity contribution in [3.05, 3.63) is 50.1 Å². The largest absolute Gasteiger partial charge is 0.478 e. The molecule has 0 aliphatic carbocycles. The van der Waals surface area contributed by atoms with E-state index in [2.05, 4.69) is 4.98 Å². The van der Waals surface area contributed by atoms with Crippen molar-refractivity contribution in [3.63, 3.8) is 0 Å². The number of hydrogen-bond donors (Lipinski definition) is 1. The molecule has 0 aromatic heterocycles. The van der Waals surface area contributed by atoms with E-state index >= 15 is 0 Å². The number of hydrogen-bond acceptors (Lipinski definition) is 5. The molecule has 0 saturated carbocycles. The summed E-state index contributed by atoms with van der Waals surface area (Å²) in [5.41, 5.74) is 0.521. The van der Waals surface area contributed by atoms with Crippen molar-refractivity contribution in [2.75, 3.05) is 0 Å². The molecule has 1 N–H and O–H groups in total. The Kier molecular flexibility index (Phi) is 4.82. The van der Waals surface area contributed by atoms with Crippen molar-refractivity contribution in [1.29, 1.82) is 5.39 Å². The van der Waals surface area contributed by atoms with Crippen LogP contribution in [-0.4, -0.2) is 16.2 Å². The fourth-order valence-corrected chi connectivity index (χ4v) is 0.671. The van der Waals surface area contributed by atoms with Gasteiger partial charge in [0.05, 0.1) is 10.7 Å². The van der Waals surface area contributed by atoms with E-state index in [1.807, 2.05) is 0 Å². The third-order valence-electron chi connectivity index (χ3n) is 1.23. The minimum absolute atomic E-state index is 0.178. The Morgan fingerprint density at radius 2 is 1.73 bits per heavy atom. The van der Waals surface area contributed by atoms with Crippen molar-refractivity contribution in [1.82, 2.24) is 0 Å². The van der Waals surface area contributed by atoms with Gasteiger partial charge in [-0.1, -0.05) is 0 Å². The Hall–Kier alpha value is -2.69. The van der Waals surface area contributed by atoms with Crippen LogP contribution in [0.4, 0.5) is 5.69 Å². The summed E-state index contributed by atoms with van der Waals surface area (Å²) in [6.07, 6.45) is 0. The predicted octanol–water partition coefficient (Wildman–Crippen LogP) is 1.63. The minimum atomic E-state index is -1.75. The van der Waals surface area contributed by atoms with Crippen molar-refractivity contribution >= 4 is 11.7 Å². The second-order valence-corrected chi connectivity index (χ2v) is 2.18. The first-order valence-electron chi connectivity index (χ1n) is 3.47. The van der Waals surface area contributed by atoms with Gasteiger partial charge in [0, 0.05) is 12.1 Å². The van der Waals surface area contributed by atoms with Gasteiger partial charge in [0.1, 0.15) is 0 Å². The summed E-state index contributed by atoms with van der Waals surface area (Å²) in [6.45, 7) is 0. The quantitative estimate of drug-likeness (QED) is 0.426. The van der Waals surface area contributed by atoms with Crippen LogP contribution in [0.5, 0.6) is 0 Å². The van der Waals surface area contributed by atoms with E-state index in [1.54, 1.807) is 0 Å². The average Bonchev–Trinajstić information content (AvgIpc) is 2.17. The van der Waals surface area contributed by atoms with Gasteiger partial charge < -0.3 is 20.4 Å². The van der Waals surface area contributed by atoms with Gasteiger partial charge in [-0.2, -0.15) is 0 Å². The molecule has 0 radical (unpaired) electrons. The molecule has 0 aliphatic heterocycles. The van der Waals surface area contributed by atoms with Crippen LogP contribution in [0.15, 0.2) is 24.3 Å². The van der Waals surface area contributed by atoms with Crippen LogP contribution < -0.4 is 0 Å². The number of benzene rings is 1. The van der Waals surface area contributed by atoms with E-state index in [-0.39, 0.29) is 5.56 Å². The van der Waals surface area contributed by atoms with Crippen molar-refractivity contribution in [2.24, 2.45) is 0 Å². The van der Waals surface area contributed by atoms with Crippen LogP contribution in [0.2, 0.25) is 0 Å². The van der Waals surface area contributed by atoms with Crippen LogP contribution in [-0.2, 0) is 0 Å². The van der Waals surface area contributed by atoms with E-state index in [9.17, 15) is 4.79 Å². The molecule has 15 heavy (non-hydrogen) atoms.